The van der Waals surface area contributed by atoms with Crippen molar-refractivity contribution in [1.82, 2.24) is 9.80 Å². The Hall–Kier alpha value is -1.10. The van der Waals surface area contributed by atoms with E-state index in [9.17, 15) is 0 Å². The summed E-state index contributed by atoms with van der Waals surface area (Å²) < 4.78 is 5.43. The van der Waals surface area contributed by atoms with Gasteiger partial charge in [0.25, 0.3) is 0 Å². The molecule has 0 amide bonds. The first-order valence-electron chi connectivity index (χ1n) is 7.36. The van der Waals surface area contributed by atoms with Gasteiger partial charge in [0.15, 0.2) is 0 Å². The third-order valence-electron chi connectivity index (χ3n) is 4.31. The van der Waals surface area contributed by atoms with Crippen molar-refractivity contribution in [1.29, 1.82) is 0 Å². The van der Waals surface area contributed by atoms with Gasteiger partial charge in [-0.25, -0.2) is 0 Å². The van der Waals surface area contributed by atoms with Crippen molar-refractivity contribution in [3.05, 3.63) is 29.8 Å². The van der Waals surface area contributed by atoms with Gasteiger partial charge in [0.1, 0.15) is 5.75 Å². The van der Waals surface area contributed by atoms with E-state index in [0.717, 1.165) is 38.5 Å². The first-order chi connectivity index (χ1) is 9.56. The molecule has 0 spiro atoms. The molecule has 2 N–H and O–H groups in total. The maximum Gasteiger partial charge on any atom is 0.123 e. The van der Waals surface area contributed by atoms with Crippen LogP contribution in [0.5, 0.6) is 5.75 Å². The van der Waals surface area contributed by atoms with Crippen LogP contribution in [-0.4, -0.2) is 55.2 Å². The Morgan fingerprint density at radius 2 is 1.80 bits per heavy atom. The molecule has 4 nitrogen and oxygen atoms in total. The smallest absolute Gasteiger partial charge is 0.123 e. The van der Waals surface area contributed by atoms with Crippen molar-refractivity contribution in [2.24, 2.45) is 5.73 Å². The molecule has 1 saturated heterocycles. The van der Waals surface area contributed by atoms with Crippen molar-refractivity contribution >= 4 is 0 Å². The average Bonchev–Trinajstić information content (AvgIpc) is 2.48. The van der Waals surface area contributed by atoms with Crippen molar-refractivity contribution < 1.29 is 4.74 Å². The molecule has 20 heavy (non-hydrogen) atoms. The van der Waals surface area contributed by atoms with Crippen molar-refractivity contribution in [3.63, 3.8) is 0 Å². The van der Waals surface area contributed by atoms with Crippen LogP contribution in [-0.2, 0) is 6.54 Å². The van der Waals surface area contributed by atoms with E-state index in [1.165, 1.54) is 5.56 Å². The minimum absolute atomic E-state index is 0.108. The lowest BCUT2D eigenvalue weighted by atomic mass is 10.0. The zero-order valence-corrected chi connectivity index (χ0v) is 12.9. The van der Waals surface area contributed by atoms with E-state index in [1.807, 2.05) is 12.1 Å². The molecule has 0 bridgehead atoms. The molecule has 0 radical (unpaired) electrons. The van der Waals surface area contributed by atoms with Crippen molar-refractivity contribution in [2.75, 3.05) is 39.8 Å². The van der Waals surface area contributed by atoms with E-state index in [0.29, 0.717) is 6.54 Å². The molecular weight excluding hydrogens is 250 g/mol. The van der Waals surface area contributed by atoms with Gasteiger partial charge in [-0.05, 0) is 19.9 Å². The monoisotopic (exact) mass is 277 g/mol. The molecule has 2 rings (SSSR count). The number of para-hydroxylation sites is 1. The van der Waals surface area contributed by atoms with Gasteiger partial charge in [0.05, 0.1) is 7.11 Å². The van der Waals surface area contributed by atoms with Gasteiger partial charge >= 0.3 is 0 Å². The number of methoxy groups -OCH3 is 1. The minimum Gasteiger partial charge on any atom is -0.496 e. The number of rotatable bonds is 5. The highest BCUT2D eigenvalue weighted by atomic mass is 16.5. The normalized spacial score (nSPS) is 18.2. The van der Waals surface area contributed by atoms with Crippen LogP contribution in [0.15, 0.2) is 24.3 Å². The van der Waals surface area contributed by atoms with E-state index in [4.69, 9.17) is 10.5 Å². The van der Waals surface area contributed by atoms with Crippen LogP contribution < -0.4 is 10.5 Å². The number of nitrogens with zero attached hydrogens (tertiary/aromatic N) is 2. The molecule has 0 aromatic heterocycles. The summed E-state index contributed by atoms with van der Waals surface area (Å²) in [6.45, 7) is 10.5. The second kappa shape index (κ2) is 6.57. The number of hydrogen-bond donors (Lipinski definition) is 1. The molecule has 0 atom stereocenters. The van der Waals surface area contributed by atoms with Crippen LogP contribution in [0.2, 0.25) is 0 Å². The lowest BCUT2D eigenvalue weighted by Crippen LogP contribution is -2.57. The van der Waals surface area contributed by atoms with Gasteiger partial charge in [-0.3, -0.25) is 9.80 Å². The summed E-state index contributed by atoms with van der Waals surface area (Å²) >= 11 is 0. The fraction of sp³-hybridized carbons (Fsp3) is 0.625. The maximum atomic E-state index is 5.86. The summed E-state index contributed by atoms with van der Waals surface area (Å²) in [4.78, 5) is 4.98. The van der Waals surface area contributed by atoms with Crippen LogP contribution >= 0.6 is 0 Å². The van der Waals surface area contributed by atoms with Crippen LogP contribution in [0.1, 0.15) is 19.4 Å². The third-order valence-corrected chi connectivity index (χ3v) is 4.31. The maximum absolute atomic E-state index is 5.86. The summed E-state index contributed by atoms with van der Waals surface area (Å²) in [7, 11) is 1.74. The quantitative estimate of drug-likeness (QED) is 0.886. The Kier molecular flexibility index (Phi) is 5.02. The zero-order valence-electron chi connectivity index (χ0n) is 12.9. The van der Waals surface area contributed by atoms with Gasteiger partial charge in [0, 0.05) is 50.4 Å². The van der Waals surface area contributed by atoms with Crippen LogP contribution in [0.25, 0.3) is 0 Å². The molecule has 1 fully saturated rings. The summed E-state index contributed by atoms with van der Waals surface area (Å²) in [5.74, 6) is 0.984. The average molecular weight is 277 g/mol. The summed E-state index contributed by atoms with van der Waals surface area (Å²) in [5, 5.41) is 0. The fourth-order valence-electron chi connectivity index (χ4n) is 2.71. The molecule has 0 unspecified atom stereocenters. The van der Waals surface area contributed by atoms with Crippen molar-refractivity contribution in [3.8, 4) is 5.75 Å². The highest BCUT2D eigenvalue weighted by molar-refractivity contribution is 5.33. The lowest BCUT2D eigenvalue weighted by Gasteiger charge is -2.43. The number of benzene rings is 1. The molecule has 4 heteroatoms. The van der Waals surface area contributed by atoms with Gasteiger partial charge in [-0.2, -0.15) is 0 Å². The molecule has 1 aliphatic rings. The molecule has 0 saturated carbocycles. The van der Waals surface area contributed by atoms with Gasteiger partial charge < -0.3 is 10.5 Å². The summed E-state index contributed by atoms with van der Waals surface area (Å²) in [5.41, 5.74) is 7.23. The number of ether oxygens (including phenoxy) is 1. The Labute approximate surface area is 122 Å². The van der Waals surface area contributed by atoms with E-state index < -0.39 is 0 Å². The summed E-state index contributed by atoms with van der Waals surface area (Å²) in [6.07, 6.45) is 0. The summed E-state index contributed by atoms with van der Waals surface area (Å²) in [6, 6.07) is 8.27. The Morgan fingerprint density at radius 1 is 1.15 bits per heavy atom. The van der Waals surface area contributed by atoms with Gasteiger partial charge in [0.2, 0.25) is 0 Å². The largest absolute Gasteiger partial charge is 0.496 e. The highest BCUT2D eigenvalue weighted by Crippen LogP contribution is 2.21. The first kappa shape index (κ1) is 15.3. The number of hydrogen-bond acceptors (Lipinski definition) is 4. The number of piperazine rings is 1. The van der Waals surface area contributed by atoms with Gasteiger partial charge in [-0.1, -0.05) is 18.2 Å². The van der Waals surface area contributed by atoms with E-state index in [1.54, 1.807) is 7.11 Å². The standard InChI is InChI=1S/C16H27N3O/c1-16(2,13-17)19-10-8-18(9-11-19)12-14-6-4-5-7-15(14)20-3/h4-7H,8-13,17H2,1-3H3. The highest BCUT2D eigenvalue weighted by Gasteiger charge is 2.28. The van der Waals surface area contributed by atoms with Gasteiger partial charge in [-0.15, -0.1) is 0 Å². The molecule has 1 aliphatic heterocycles. The Bertz CT molecular complexity index is 425. The molecule has 112 valence electrons. The first-order valence-corrected chi connectivity index (χ1v) is 7.36. The Morgan fingerprint density at radius 3 is 2.40 bits per heavy atom. The lowest BCUT2D eigenvalue weighted by molar-refractivity contribution is 0.0535. The van der Waals surface area contributed by atoms with E-state index in [-0.39, 0.29) is 5.54 Å². The Balaban J connectivity index is 1.92. The molecule has 0 aliphatic carbocycles. The molecule has 1 heterocycles. The topological polar surface area (TPSA) is 41.7 Å². The fourth-order valence-corrected chi connectivity index (χ4v) is 2.71. The van der Waals surface area contributed by atoms with Crippen molar-refractivity contribution in [2.45, 2.75) is 25.9 Å². The molecule has 1 aromatic rings. The predicted molar refractivity (Wildman–Crippen MR) is 83.0 cm³/mol. The second-order valence-corrected chi connectivity index (χ2v) is 6.09. The van der Waals surface area contributed by atoms with Crippen LogP contribution in [0, 0.1) is 0 Å². The van der Waals surface area contributed by atoms with E-state index >= 15 is 0 Å². The SMILES string of the molecule is COc1ccccc1CN1CCN(C(C)(C)CN)CC1. The second-order valence-electron chi connectivity index (χ2n) is 6.09. The minimum atomic E-state index is 0.108. The van der Waals surface area contributed by atoms with Crippen LogP contribution in [0.3, 0.4) is 0 Å². The number of nitrogens with two attached hydrogens (primary N) is 1. The molecule has 1 aromatic carbocycles. The van der Waals surface area contributed by atoms with E-state index in [2.05, 4.69) is 35.8 Å². The third kappa shape index (κ3) is 3.51. The zero-order chi connectivity index (χ0) is 14.6. The predicted octanol–water partition coefficient (Wildman–Crippen LogP) is 1.55. The molecular formula is C16H27N3O. The van der Waals surface area contributed by atoms with Crippen LogP contribution in [0.4, 0.5) is 0 Å².